The van der Waals surface area contributed by atoms with Crippen molar-refractivity contribution < 1.29 is 14.7 Å². The number of nitrogens with zero attached hydrogens (tertiary/aromatic N) is 1. The second-order valence-corrected chi connectivity index (χ2v) is 6.75. The zero-order valence-electron chi connectivity index (χ0n) is 13.1. The fraction of sp³-hybridized carbons (Fsp3) is 0.500. The van der Waals surface area contributed by atoms with Crippen molar-refractivity contribution in [2.75, 3.05) is 7.05 Å². The van der Waals surface area contributed by atoms with Crippen LogP contribution in [0.3, 0.4) is 0 Å². The van der Waals surface area contributed by atoms with Crippen LogP contribution in [0.4, 0.5) is 0 Å². The molecule has 1 N–H and O–H groups in total. The third-order valence-electron chi connectivity index (χ3n) is 3.62. The molecule has 0 saturated heterocycles. The number of hydrogen-bond donors (Lipinski definition) is 1. The standard InChI is InChI=1S/C16H22ClNO3/c1-10(11-7-6-8-12(17)9-11)18(5)14(19)13(15(20)21)16(2,3)4/h6-10,13H,1-5H3,(H,20,21). The van der Waals surface area contributed by atoms with Gasteiger partial charge in [0.2, 0.25) is 5.91 Å². The highest BCUT2D eigenvalue weighted by Crippen LogP contribution is 2.31. The Morgan fingerprint density at radius 3 is 2.29 bits per heavy atom. The lowest BCUT2D eigenvalue weighted by Gasteiger charge is -2.33. The van der Waals surface area contributed by atoms with Gasteiger partial charge in [-0.1, -0.05) is 44.5 Å². The molecule has 0 saturated carbocycles. The molecule has 0 aliphatic rings. The summed E-state index contributed by atoms with van der Waals surface area (Å²) in [6.07, 6.45) is 0. The second-order valence-electron chi connectivity index (χ2n) is 6.32. The van der Waals surface area contributed by atoms with Gasteiger partial charge in [0.05, 0.1) is 6.04 Å². The molecule has 0 radical (unpaired) electrons. The Bertz CT molecular complexity index is 537. The Kier molecular flexibility index (Phi) is 5.40. The van der Waals surface area contributed by atoms with Gasteiger partial charge >= 0.3 is 5.97 Å². The van der Waals surface area contributed by atoms with Crippen LogP contribution < -0.4 is 0 Å². The van der Waals surface area contributed by atoms with E-state index in [-0.39, 0.29) is 6.04 Å². The molecule has 116 valence electrons. The molecule has 0 aliphatic heterocycles. The third-order valence-corrected chi connectivity index (χ3v) is 3.85. The van der Waals surface area contributed by atoms with Gasteiger partial charge in [0, 0.05) is 12.1 Å². The molecule has 0 aromatic heterocycles. The zero-order valence-corrected chi connectivity index (χ0v) is 13.8. The van der Waals surface area contributed by atoms with Crippen LogP contribution in [0.5, 0.6) is 0 Å². The van der Waals surface area contributed by atoms with Crippen LogP contribution in [0.1, 0.15) is 39.3 Å². The number of carbonyl (C=O) groups excluding carboxylic acids is 1. The molecule has 2 atom stereocenters. The summed E-state index contributed by atoms with van der Waals surface area (Å²) in [7, 11) is 1.62. The molecule has 1 aromatic carbocycles. The van der Waals surface area contributed by atoms with E-state index in [0.29, 0.717) is 5.02 Å². The number of hydrogen-bond acceptors (Lipinski definition) is 2. The molecule has 21 heavy (non-hydrogen) atoms. The van der Waals surface area contributed by atoms with Gasteiger partial charge in [-0.25, -0.2) is 0 Å². The molecular formula is C16H22ClNO3. The number of carboxylic acids is 1. The molecule has 0 spiro atoms. The summed E-state index contributed by atoms with van der Waals surface area (Å²) < 4.78 is 0. The number of amides is 1. The van der Waals surface area contributed by atoms with Crippen LogP contribution in [0, 0.1) is 11.3 Å². The molecule has 0 aliphatic carbocycles. The smallest absolute Gasteiger partial charge is 0.316 e. The first-order chi connectivity index (χ1) is 9.55. The topological polar surface area (TPSA) is 57.6 Å². The maximum atomic E-state index is 12.5. The molecular weight excluding hydrogens is 290 g/mol. The number of carboxylic acid groups (broad SMARTS) is 1. The zero-order chi connectivity index (χ0) is 16.4. The van der Waals surface area contributed by atoms with Crippen molar-refractivity contribution in [1.82, 2.24) is 4.90 Å². The highest BCUT2D eigenvalue weighted by molar-refractivity contribution is 6.30. The molecule has 0 fully saturated rings. The quantitative estimate of drug-likeness (QED) is 0.864. The van der Waals surface area contributed by atoms with Gasteiger partial charge in [0.1, 0.15) is 5.92 Å². The summed E-state index contributed by atoms with van der Waals surface area (Å²) in [4.78, 5) is 25.4. The summed E-state index contributed by atoms with van der Waals surface area (Å²) in [5, 5.41) is 9.94. The van der Waals surface area contributed by atoms with Gasteiger partial charge in [0.15, 0.2) is 0 Å². The van der Waals surface area contributed by atoms with E-state index in [1.54, 1.807) is 40.0 Å². The minimum Gasteiger partial charge on any atom is -0.481 e. The fourth-order valence-electron chi connectivity index (χ4n) is 2.23. The molecule has 0 heterocycles. The minimum absolute atomic E-state index is 0.250. The number of benzene rings is 1. The Morgan fingerprint density at radius 2 is 1.86 bits per heavy atom. The molecule has 1 amide bonds. The van der Waals surface area contributed by atoms with E-state index in [2.05, 4.69) is 0 Å². The maximum Gasteiger partial charge on any atom is 0.316 e. The van der Waals surface area contributed by atoms with E-state index < -0.39 is 23.2 Å². The summed E-state index contributed by atoms with van der Waals surface area (Å²) in [5.74, 6) is -2.58. The van der Waals surface area contributed by atoms with Gasteiger partial charge in [0.25, 0.3) is 0 Å². The highest BCUT2D eigenvalue weighted by Gasteiger charge is 2.40. The van der Waals surface area contributed by atoms with E-state index in [1.807, 2.05) is 19.1 Å². The van der Waals surface area contributed by atoms with E-state index in [4.69, 9.17) is 11.6 Å². The first-order valence-electron chi connectivity index (χ1n) is 6.80. The molecule has 5 heteroatoms. The molecule has 2 unspecified atom stereocenters. The number of rotatable bonds is 4. The lowest BCUT2D eigenvalue weighted by molar-refractivity contribution is -0.156. The summed E-state index contributed by atoms with van der Waals surface area (Å²) >= 11 is 5.96. The van der Waals surface area contributed by atoms with E-state index in [1.165, 1.54) is 4.90 Å². The Hall–Kier alpha value is -1.55. The maximum absolute atomic E-state index is 12.5. The number of halogens is 1. The molecule has 1 rings (SSSR count). The largest absolute Gasteiger partial charge is 0.481 e. The van der Waals surface area contributed by atoms with Crippen molar-refractivity contribution in [3.63, 3.8) is 0 Å². The summed E-state index contributed by atoms with van der Waals surface area (Å²) in [5.41, 5.74) is 0.224. The van der Waals surface area contributed by atoms with Crippen LogP contribution in [0.15, 0.2) is 24.3 Å². The monoisotopic (exact) mass is 311 g/mol. The van der Waals surface area contributed by atoms with Crippen molar-refractivity contribution >= 4 is 23.5 Å². The normalized spacial score (nSPS) is 14.4. The van der Waals surface area contributed by atoms with E-state index in [9.17, 15) is 14.7 Å². The van der Waals surface area contributed by atoms with Gasteiger partial charge in [-0.3, -0.25) is 9.59 Å². The van der Waals surface area contributed by atoms with Crippen molar-refractivity contribution in [1.29, 1.82) is 0 Å². The predicted octanol–water partition coefficient (Wildman–Crippen LogP) is 3.61. The number of carbonyl (C=O) groups is 2. The Morgan fingerprint density at radius 1 is 1.29 bits per heavy atom. The van der Waals surface area contributed by atoms with Crippen LogP contribution >= 0.6 is 11.6 Å². The van der Waals surface area contributed by atoms with Crippen LogP contribution in [0.25, 0.3) is 0 Å². The minimum atomic E-state index is -1.10. The van der Waals surface area contributed by atoms with Crippen molar-refractivity contribution in [2.45, 2.75) is 33.7 Å². The van der Waals surface area contributed by atoms with Crippen LogP contribution in [-0.4, -0.2) is 28.9 Å². The SMILES string of the molecule is CC(c1cccc(Cl)c1)N(C)C(=O)C(C(=O)O)C(C)(C)C. The average molecular weight is 312 g/mol. The highest BCUT2D eigenvalue weighted by atomic mass is 35.5. The second kappa shape index (κ2) is 6.48. The lowest BCUT2D eigenvalue weighted by Crippen LogP contribution is -2.44. The van der Waals surface area contributed by atoms with Gasteiger partial charge in [-0.2, -0.15) is 0 Å². The van der Waals surface area contributed by atoms with Crippen LogP contribution in [-0.2, 0) is 9.59 Å². The molecule has 1 aromatic rings. The van der Waals surface area contributed by atoms with Gasteiger partial charge < -0.3 is 10.0 Å². The lowest BCUT2D eigenvalue weighted by atomic mass is 9.79. The molecule has 4 nitrogen and oxygen atoms in total. The van der Waals surface area contributed by atoms with Crippen LogP contribution in [0.2, 0.25) is 5.02 Å². The fourth-order valence-corrected chi connectivity index (χ4v) is 2.43. The van der Waals surface area contributed by atoms with Gasteiger partial charge in [-0.15, -0.1) is 0 Å². The summed E-state index contributed by atoms with van der Waals surface area (Å²) in [6, 6.07) is 6.97. The first kappa shape index (κ1) is 17.5. The average Bonchev–Trinajstić information content (AvgIpc) is 2.34. The van der Waals surface area contributed by atoms with Crippen molar-refractivity contribution in [2.24, 2.45) is 11.3 Å². The Balaban J connectivity index is 3.03. The summed E-state index contributed by atoms with van der Waals surface area (Å²) in [6.45, 7) is 7.11. The van der Waals surface area contributed by atoms with Gasteiger partial charge in [-0.05, 0) is 30.0 Å². The predicted molar refractivity (Wildman–Crippen MR) is 83.2 cm³/mol. The van der Waals surface area contributed by atoms with E-state index in [0.717, 1.165) is 5.56 Å². The van der Waals surface area contributed by atoms with Crippen molar-refractivity contribution in [3.8, 4) is 0 Å². The Labute approximate surface area is 130 Å². The third kappa shape index (κ3) is 4.21. The number of aliphatic carboxylic acids is 1. The van der Waals surface area contributed by atoms with Crippen molar-refractivity contribution in [3.05, 3.63) is 34.9 Å². The molecule has 0 bridgehead atoms. The van der Waals surface area contributed by atoms with E-state index >= 15 is 0 Å². The first-order valence-corrected chi connectivity index (χ1v) is 7.18.